The van der Waals surface area contributed by atoms with E-state index < -0.39 is 0 Å². The number of aromatic nitrogens is 1. The lowest BCUT2D eigenvalue weighted by atomic mass is 10.1. The van der Waals surface area contributed by atoms with Crippen LogP contribution in [0.1, 0.15) is 35.9 Å². The van der Waals surface area contributed by atoms with Gasteiger partial charge in [0.25, 0.3) is 5.91 Å². The number of nitrogens with zero attached hydrogens (tertiary/aromatic N) is 2. The second-order valence-electron chi connectivity index (χ2n) is 6.22. The average Bonchev–Trinajstić information content (AvgIpc) is 3.03. The lowest BCUT2D eigenvalue weighted by Crippen LogP contribution is -2.39. The molecule has 1 aromatic heterocycles. The maximum absolute atomic E-state index is 12.2. The molecule has 2 fully saturated rings. The Balaban J connectivity index is 1.62. The highest BCUT2D eigenvalue weighted by Crippen LogP contribution is 2.37. The van der Waals surface area contributed by atoms with Crippen molar-refractivity contribution in [1.29, 1.82) is 0 Å². The molecule has 0 aromatic carbocycles. The van der Waals surface area contributed by atoms with Crippen LogP contribution in [0.25, 0.3) is 0 Å². The van der Waals surface area contributed by atoms with Gasteiger partial charge >= 0.3 is 0 Å². The van der Waals surface area contributed by atoms with Gasteiger partial charge in [-0.05, 0) is 31.1 Å². The van der Waals surface area contributed by atoms with E-state index in [1.807, 2.05) is 0 Å². The van der Waals surface area contributed by atoms with E-state index in [-0.39, 0.29) is 11.9 Å². The molecule has 1 aliphatic carbocycles. The van der Waals surface area contributed by atoms with Crippen molar-refractivity contribution in [3.05, 3.63) is 4.88 Å². The molecule has 2 atom stereocenters. The first-order valence-corrected chi connectivity index (χ1v) is 8.41. The summed E-state index contributed by atoms with van der Waals surface area (Å²) in [4.78, 5) is 19.3. The van der Waals surface area contributed by atoms with Gasteiger partial charge in [-0.15, -0.1) is 0 Å². The molecular weight excluding hydrogens is 286 g/mol. The molecular formula is C14H23N5OS. The minimum Gasteiger partial charge on any atom is -0.382 e. The fourth-order valence-electron chi connectivity index (χ4n) is 2.70. The largest absolute Gasteiger partial charge is 0.382 e. The van der Waals surface area contributed by atoms with Crippen molar-refractivity contribution < 1.29 is 4.79 Å². The van der Waals surface area contributed by atoms with Gasteiger partial charge in [-0.25, -0.2) is 4.98 Å². The van der Waals surface area contributed by atoms with Gasteiger partial charge in [0.15, 0.2) is 5.13 Å². The zero-order valence-electron chi connectivity index (χ0n) is 12.3. The minimum absolute atomic E-state index is 0.0935. The minimum atomic E-state index is -0.0935. The Morgan fingerprint density at radius 3 is 2.76 bits per heavy atom. The number of anilines is 2. The van der Waals surface area contributed by atoms with Gasteiger partial charge in [0.2, 0.25) is 0 Å². The Kier molecular flexibility index (Phi) is 4.03. The van der Waals surface area contributed by atoms with E-state index in [9.17, 15) is 4.79 Å². The molecule has 2 aliphatic rings. The SMILES string of the molecule is CC1CC1CNC(=O)c1sc(N2CCC(N)CC2)nc1N. The molecule has 0 radical (unpaired) electrons. The first-order valence-electron chi connectivity index (χ1n) is 7.59. The average molecular weight is 309 g/mol. The maximum atomic E-state index is 12.2. The van der Waals surface area contributed by atoms with Crippen LogP contribution in [0, 0.1) is 11.8 Å². The highest BCUT2D eigenvalue weighted by Gasteiger charge is 2.33. The van der Waals surface area contributed by atoms with Gasteiger partial charge < -0.3 is 21.7 Å². The second-order valence-corrected chi connectivity index (χ2v) is 7.20. The van der Waals surface area contributed by atoms with Crippen LogP contribution in [-0.2, 0) is 0 Å². The van der Waals surface area contributed by atoms with Crippen molar-refractivity contribution in [1.82, 2.24) is 10.3 Å². The molecule has 2 unspecified atom stereocenters. The molecule has 1 aliphatic heterocycles. The van der Waals surface area contributed by atoms with Gasteiger partial charge in [-0.3, -0.25) is 4.79 Å². The zero-order valence-corrected chi connectivity index (χ0v) is 13.2. The van der Waals surface area contributed by atoms with E-state index >= 15 is 0 Å². The molecule has 3 rings (SSSR count). The Morgan fingerprint density at radius 1 is 1.48 bits per heavy atom. The molecule has 7 heteroatoms. The highest BCUT2D eigenvalue weighted by atomic mass is 32.1. The number of amides is 1. The third-order valence-corrected chi connectivity index (χ3v) is 5.59. The highest BCUT2D eigenvalue weighted by molar-refractivity contribution is 7.18. The monoisotopic (exact) mass is 309 g/mol. The Morgan fingerprint density at radius 2 is 2.14 bits per heavy atom. The molecule has 116 valence electrons. The van der Waals surface area contributed by atoms with Crippen molar-refractivity contribution in [2.45, 2.75) is 32.2 Å². The third kappa shape index (κ3) is 3.29. The van der Waals surface area contributed by atoms with Crippen LogP contribution in [0.5, 0.6) is 0 Å². The Bertz CT molecular complexity index is 523. The molecule has 6 nitrogen and oxygen atoms in total. The summed E-state index contributed by atoms with van der Waals surface area (Å²) in [6.07, 6.45) is 3.12. The number of rotatable bonds is 4. The molecule has 1 aromatic rings. The van der Waals surface area contributed by atoms with Crippen molar-refractivity contribution in [2.24, 2.45) is 17.6 Å². The first-order chi connectivity index (χ1) is 10.0. The predicted molar refractivity (Wildman–Crippen MR) is 85.6 cm³/mol. The fraction of sp³-hybridized carbons (Fsp3) is 0.714. The first kappa shape index (κ1) is 14.6. The summed E-state index contributed by atoms with van der Waals surface area (Å²) in [5.74, 6) is 1.61. The van der Waals surface area contributed by atoms with Crippen LogP contribution >= 0.6 is 11.3 Å². The molecule has 0 spiro atoms. The van der Waals surface area contributed by atoms with Gasteiger partial charge in [-0.1, -0.05) is 18.3 Å². The zero-order chi connectivity index (χ0) is 15.0. The summed E-state index contributed by atoms with van der Waals surface area (Å²) in [7, 11) is 0. The molecule has 1 saturated heterocycles. The number of nitrogen functional groups attached to an aromatic ring is 1. The number of carbonyl (C=O) groups excluding carboxylic acids is 1. The summed E-state index contributed by atoms with van der Waals surface area (Å²) in [6.45, 7) is 4.71. The van der Waals surface area contributed by atoms with Crippen molar-refractivity contribution >= 4 is 28.2 Å². The molecule has 21 heavy (non-hydrogen) atoms. The van der Waals surface area contributed by atoms with E-state index in [1.165, 1.54) is 17.8 Å². The summed E-state index contributed by atoms with van der Waals surface area (Å²) < 4.78 is 0. The van der Waals surface area contributed by atoms with Crippen LogP contribution in [-0.4, -0.2) is 36.6 Å². The number of piperidine rings is 1. The van der Waals surface area contributed by atoms with E-state index in [2.05, 4.69) is 22.1 Å². The summed E-state index contributed by atoms with van der Waals surface area (Å²) >= 11 is 1.39. The molecule has 5 N–H and O–H groups in total. The Hall–Kier alpha value is -1.34. The lowest BCUT2D eigenvalue weighted by Gasteiger charge is -2.29. The van der Waals surface area contributed by atoms with Crippen molar-refractivity contribution in [2.75, 3.05) is 30.3 Å². The fourth-order valence-corrected chi connectivity index (χ4v) is 3.65. The molecule has 0 bridgehead atoms. The number of nitrogens with one attached hydrogen (secondary N) is 1. The van der Waals surface area contributed by atoms with E-state index in [1.54, 1.807) is 0 Å². The van der Waals surface area contributed by atoms with Crippen molar-refractivity contribution in [3.8, 4) is 0 Å². The van der Waals surface area contributed by atoms with Crippen LogP contribution in [0.4, 0.5) is 10.9 Å². The van der Waals surface area contributed by atoms with Crippen LogP contribution in [0.2, 0.25) is 0 Å². The maximum Gasteiger partial charge on any atom is 0.265 e. The number of thiazole rings is 1. The van der Waals surface area contributed by atoms with Gasteiger partial charge in [0.1, 0.15) is 10.7 Å². The Labute approximate surface area is 128 Å². The quantitative estimate of drug-likeness (QED) is 0.772. The van der Waals surface area contributed by atoms with Gasteiger partial charge in [0, 0.05) is 25.7 Å². The molecule has 1 saturated carbocycles. The topological polar surface area (TPSA) is 97.3 Å². The van der Waals surface area contributed by atoms with E-state index in [0.29, 0.717) is 16.6 Å². The third-order valence-electron chi connectivity index (χ3n) is 4.46. The molecule has 1 amide bonds. The predicted octanol–water partition coefficient (Wildman–Crippen LogP) is 1.04. The smallest absolute Gasteiger partial charge is 0.265 e. The standard InChI is InChI=1S/C14H23N5OS/c1-8-6-9(8)7-17-13(20)11-12(16)18-14(21-11)19-4-2-10(15)3-5-19/h8-10H,2-7,15-16H2,1H3,(H,17,20). The van der Waals surface area contributed by atoms with Crippen molar-refractivity contribution in [3.63, 3.8) is 0 Å². The second kappa shape index (κ2) is 5.81. The summed E-state index contributed by atoms with van der Waals surface area (Å²) in [5, 5.41) is 3.81. The normalized spacial score (nSPS) is 25.9. The van der Waals surface area contributed by atoms with Gasteiger partial charge in [0.05, 0.1) is 0 Å². The van der Waals surface area contributed by atoms with Gasteiger partial charge in [-0.2, -0.15) is 0 Å². The number of nitrogens with two attached hydrogens (primary N) is 2. The van der Waals surface area contributed by atoms with Crippen LogP contribution < -0.4 is 21.7 Å². The van der Waals surface area contributed by atoms with Crippen LogP contribution in [0.3, 0.4) is 0 Å². The van der Waals surface area contributed by atoms with E-state index in [0.717, 1.165) is 43.5 Å². The number of hydrogen-bond acceptors (Lipinski definition) is 6. The lowest BCUT2D eigenvalue weighted by molar-refractivity contribution is 0.0956. The number of carbonyl (C=O) groups is 1. The summed E-state index contributed by atoms with van der Waals surface area (Å²) in [6, 6.07) is 0.279. The summed E-state index contributed by atoms with van der Waals surface area (Å²) in [5.41, 5.74) is 11.8. The van der Waals surface area contributed by atoms with E-state index in [4.69, 9.17) is 11.5 Å². The van der Waals surface area contributed by atoms with Crippen LogP contribution in [0.15, 0.2) is 0 Å². The molecule has 2 heterocycles. The number of hydrogen-bond donors (Lipinski definition) is 3.